The number of fused-ring (bicyclic) bond motifs is 1. The summed E-state index contributed by atoms with van der Waals surface area (Å²) in [5.41, 5.74) is -0.821. The van der Waals surface area contributed by atoms with Gasteiger partial charge in [0.05, 0.1) is 6.42 Å². The molecular weight excluding hydrogens is 360 g/mol. The van der Waals surface area contributed by atoms with Gasteiger partial charge < -0.3 is 0 Å². The number of rotatable bonds is 4. The first-order chi connectivity index (χ1) is 12.3. The number of anilines is 2. The molecule has 0 fully saturated rings. The summed E-state index contributed by atoms with van der Waals surface area (Å²) >= 11 is 1.40. The van der Waals surface area contributed by atoms with Crippen LogP contribution >= 0.6 is 11.3 Å². The molecule has 2 amide bonds. The van der Waals surface area contributed by atoms with Crippen LogP contribution in [0.25, 0.3) is 11.2 Å². The Balaban J connectivity index is 2.16. The van der Waals surface area contributed by atoms with Crippen LogP contribution in [-0.4, -0.2) is 37.2 Å². The normalized spacial score (nSPS) is 10.7. The van der Waals surface area contributed by atoms with Gasteiger partial charge >= 0.3 is 0 Å². The molecule has 0 spiro atoms. The summed E-state index contributed by atoms with van der Waals surface area (Å²) in [5.74, 6) is -1.54. The number of H-pyrrole nitrogens is 1. The van der Waals surface area contributed by atoms with Crippen molar-refractivity contribution in [3.8, 4) is 0 Å². The Morgan fingerprint density at radius 2 is 1.92 bits per heavy atom. The Morgan fingerprint density at radius 1 is 1.19 bits per heavy atom. The fourth-order valence-electron chi connectivity index (χ4n) is 2.31. The Bertz CT molecular complexity index is 1070. The minimum Gasteiger partial charge on any atom is -0.296 e. The summed E-state index contributed by atoms with van der Waals surface area (Å²) in [6, 6.07) is 3.61. The minimum atomic E-state index is -0.645. The highest BCUT2D eigenvalue weighted by molar-refractivity contribution is 7.10. The molecule has 11 heteroatoms. The number of carbonyl (C=O) groups is 3. The third-order valence-electron chi connectivity index (χ3n) is 3.26. The van der Waals surface area contributed by atoms with E-state index in [9.17, 15) is 19.2 Å². The van der Waals surface area contributed by atoms with Crippen LogP contribution in [0.15, 0.2) is 22.3 Å². The molecule has 0 atom stereocenters. The number of thiophene rings is 1. The van der Waals surface area contributed by atoms with Gasteiger partial charge in [-0.05, 0) is 11.4 Å². The molecule has 0 saturated carbocycles. The van der Waals surface area contributed by atoms with Gasteiger partial charge in [0.2, 0.25) is 29.6 Å². The van der Waals surface area contributed by atoms with Gasteiger partial charge in [0, 0.05) is 18.7 Å². The summed E-state index contributed by atoms with van der Waals surface area (Å²) in [4.78, 5) is 58.9. The highest BCUT2D eigenvalue weighted by atomic mass is 32.1. The molecule has 3 rings (SSSR count). The number of amides is 2. The number of aromatic nitrogens is 4. The summed E-state index contributed by atoms with van der Waals surface area (Å²) in [5, 5.41) is 6.62. The second kappa shape index (κ2) is 6.88. The summed E-state index contributed by atoms with van der Waals surface area (Å²) in [6.07, 6.45) is 0.0413. The monoisotopic (exact) mass is 374 g/mol. The van der Waals surface area contributed by atoms with Gasteiger partial charge in [0.25, 0.3) is 5.56 Å². The van der Waals surface area contributed by atoms with E-state index in [1.165, 1.54) is 25.2 Å². The molecular formula is C15H14N6O4S. The van der Waals surface area contributed by atoms with E-state index in [2.05, 4.69) is 25.6 Å². The quantitative estimate of drug-likeness (QED) is 0.622. The van der Waals surface area contributed by atoms with Crippen molar-refractivity contribution in [3.63, 3.8) is 0 Å². The first-order valence-electron chi connectivity index (χ1n) is 7.48. The van der Waals surface area contributed by atoms with E-state index in [-0.39, 0.29) is 29.5 Å². The number of hydrogen-bond acceptors (Lipinski definition) is 7. The standard InChI is InChI=1S/C15H14N6O4S/c1-7(22)16-14-19-12-11(13(25)20-14)18-15(17-8(2)23)21(12)10(24)6-9-4-3-5-26-9/h3-5H,6H2,1-2H3,(H,17,18,23)(H2,16,19,20,22,25). The average molecular weight is 374 g/mol. The summed E-state index contributed by atoms with van der Waals surface area (Å²) < 4.78 is 1.07. The van der Waals surface area contributed by atoms with E-state index in [1.54, 1.807) is 6.07 Å². The molecule has 26 heavy (non-hydrogen) atoms. The van der Waals surface area contributed by atoms with Crippen molar-refractivity contribution in [2.45, 2.75) is 20.3 Å². The fourth-order valence-corrected chi connectivity index (χ4v) is 3.01. The largest absolute Gasteiger partial charge is 0.296 e. The molecule has 0 unspecified atom stereocenters. The van der Waals surface area contributed by atoms with Gasteiger partial charge in [-0.15, -0.1) is 11.3 Å². The van der Waals surface area contributed by atoms with Crippen LogP contribution in [0.5, 0.6) is 0 Å². The number of nitrogens with one attached hydrogen (secondary N) is 3. The second-order valence-electron chi connectivity index (χ2n) is 5.37. The van der Waals surface area contributed by atoms with Crippen LogP contribution in [0.2, 0.25) is 0 Å². The minimum absolute atomic E-state index is 0.0413. The van der Waals surface area contributed by atoms with Gasteiger partial charge in [0.1, 0.15) is 0 Å². The molecule has 0 aliphatic carbocycles. The zero-order valence-electron chi connectivity index (χ0n) is 13.8. The van der Waals surface area contributed by atoms with Crippen molar-refractivity contribution in [2.75, 3.05) is 10.6 Å². The van der Waals surface area contributed by atoms with E-state index in [0.29, 0.717) is 0 Å². The summed E-state index contributed by atoms with van der Waals surface area (Å²) in [7, 11) is 0. The maximum atomic E-state index is 12.8. The second-order valence-corrected chi connectivity index (χ2v) is 6.40. The molecule has 3 aromatic rings. The van der Waals surface area contributed by atoms with Crippen LogP contribution in [-0.2, 0) is 16.0 Å². The summed E-state index contributed by atoms with van der Waals surface area (Å²) in [6.45, 7) is 2.51. The number of hydrogen-bond donors (Lipinski definition) is 3. The number of carbonyl (C=O) groups excluding carboxylic acids is 3. The molecule has 0 aromatic carbocycles. The van der Waals surface area contributed by atoms with Crippen LogP contribution in [0.4, 0.5) is 11.9 Å². The lowest BCUT2D eigenvalue weighted by atomic mass is 10.3. The maximum Gasteiger partial charge on any atom is 0.280 e. The van der Waals surface area contributed by atoms with Crippen LogP contribution in [0.1, 0.15) is 23.5 Å². The van der Waals surface area contributed by atoms with Crippen LogP contribution < -0.4 is 16.2 Å². The molecule has 0 aliphatic rings. The molecule has 0 bridgehead atoms. The molecule has 0 aliphatic heterocycles. The van der Waals surface area contributed by atoms with E-state index >= 15 is 0 Å². The first kappa shape index (κ1) is 17.5. The molecule has 3 N–H and O–H groups in total. The lowest BCUT2D eigenvalue weighted by molar-refractivity contribution is -0.115. The highest BCUT2D eigenvalue weighted by Crippen LogP contribution is 2.19. The van der Waals surface area contributed by atoms with Crippen molar-refractivity contribution < 1.29 is 14.4 Å². The van der Waals surface area contributed by atoms with E-state index < -0.39 is 23.3 Å². The van der Waals surface area contributed by atoms with E-state index in [0.717, 1.165) is 9.44 Å². The Kier molecular flexibility index (Phi) is 4.63. The highest BCUT2D eigenvalue weighted by Gasteiger charge is 2.22. The van der Waals surface area contributed by atoms with Crippen molar-refractivity contribution in [2.24, 2.45) is 0 Å². The predicted molar refractivity (Wildman–Crippen MR) is 95.4 cm³/mol. The van der Waals surface area contributed by atoms with E-state index in [1.807, 2.05) is 11.4 Å². The molecule has 10 nitrogen and oxygen atoms in total. The van der Waals surface area contributed by atoms with Gasteiger partial charge in [0.15, 0.2) is 11.2 Å². The Hall–Kier alpha value is -3.34. The average Bonchev–Trinajstić information content (AvgIpc) is 3.13. The number of aromatic amines is 1. The SMILES string of the molecule is CC(=O)Nc1nc2c(nc(NC(C)=O)n2C(=O)Cc2cccs2)c(=O)[nH]1. The van der Waals surface area contributed by atoms with Crippen molar-refractivity contribution in [3.05, 3.63) is 32.7 Å². The molecule has 0 radical (unpaired) electrons. The third-order valence-corrected chi connectivity index (χ3v) is 4.13. The van der Waals surface area contributed by atoms with E-state index in [4.69, 9.17) is 0 Å². The molecule has 3 aromatic heterocycles. The zero-order valence-corrected chi connectivity index (χ0v) is 14.6. The number of imidazole rings is 1. The molecule has 3 heterocycles. The fraction of sp³-hybridized carbons (Fsp3) is 0.200. The van der Waals surface area contributed by atoms with Gasteiger partial charge in [-0.3, -0.25) is 34.8 Å². The van der Waals surface area contributed by atoms with Crippen molar-refractivity contribution >= 4 is 52.1 Å². The smallest absolute Gasteiger partial charge is 0.280 e. The topological polar surface area (TPSA) is 139 Å². The molecule has 0 saturated heterocycles. The predicted octanol–water partition coefficient (Wildman–Crippen LogP) is 0.981. The maximum absolute atomic E-state index is 12.8. The number of nitrogens with zero attached hydrogens (tertiary/aromatic N) is 3. The lowest BCUT2D eigenvalue weighted by Gasteiger charge is -2.07. The van der Waals surface area contributed by atoms with Gasteiger partial charge in [-0.25, -0.2) is 9.55 Å². The van der Waals surface area contributed by atoms with Crippen LogP contribution in [0, 0.1) is 0 Å². The van der Waals surface area contributed by atoms with Crippen molar-refractivity contribution in [1.82, 2.24) is 19.5 Å². The Morgan fingerprint density at radius 3 is 2.54 bits per heavy atom. The first-order valence-corrected chi connectivity index (χ1v) is 8.36. The van der Waals surface area contributed by atoms with Gasteiger partial charge in [-0.2, -0.15) is 4.98 Å². The zero-order chi connectivity index (χ0) is 18.8. The third kappa shape index (κ3) is 3.52. The van der Waals surface area contributed by atoms with Gasteiger partial charge in [-0.1, -0.05) is 6.07 Å². The Labute approximate surface area is 150 Å². The van der Waals surface area contributed by atoms with Crippen LogP contribution in [0.3, 0.4) is 0 Å². The lowest BCUT2D eigenvalue weighted by Crippen LogP contribution is -2.20. The molecule has 134 valence electrons. The van der Waals surface area contributed by atoms with Crippen molar-refractivity contribution in [1.29, 1.82) is 0 Å².